The number of benzene rings is 1. The molecule has 1 aromatic carbocycles. The van der Waals surface area contributed by atoms with E-state index < -0.39 is 17.7 Å². The average molecular weight is 224 g/mol. The predicted octanol–water partition coefficient (Wildman–Crippen LogP) is 1.12. The first-order valence-electron chi connectivity index (χ1n) is 5.22. The fourth-order valence-corrected chi connectivity index (χ4v) is 1.63. The van der Waals surface area contributed by atoms with Crippen molar-refractivity contribution in [2.24, 2.45) is 0 Å². The van der Waals surface area contributed by atoms with Gasteiger partial charge in [-0.2, -0.15) is 0 Å². The largest absolute Gasteiger partial charge is 0.479 e. The normalized spacial score (nSPS) is 16.4. The molecule has 4 heteroatoms. The maximum Gasteiger partial charge on any atom is 0.343 e. The van der Waals surface area contributed by atoms with E-state index >= 15 is 0 Å². The summed E-state index contributed by atoms with van der Waals surface area (Å²) in [6.45, 7) is 1.82. The third-order valence-corrected chi connectivity index (χ3v) is 2.58. The molecule has 16 heavy (non-hydrogen) atoms. The van der Waals surface area contributed by atoms with E-state index in [0.717, 1.165) is 0 Å². The van der Waals surface area contributed by atoms with Crippen LogP contribution in [0.3, 0.4) is 0 Å². The van der Waals surface area contributed by atoms with Crippen LogP contribution in [0.5, 0.6) is 0 Å². The van der Waals surface area contributed by atoms with E-state index in [2.05, 4.69) is 0 Å². The standard InChI is InChI=1S/C12H16O4/c1-2-6-10(13)12(16,11(14)15)9-7-4-3-5-8-9/h3-5,7-8,10,13,16H,2,6H2,1H3,(H,14,15)/t10-,12-/m1/s1. The number of aliphatic hydroxyl groups is 2. The molecule has 0 fully saturated rings. The first kappa shape index (κ1) is 12.7. The Hall–Kier alpha value is -1.39. The maximum absolute atomic E-state index is 11.1. The second-order valence-electron chi connectivity index (χ2n) is 3.74. The molecule has 0 heterocycles. The van der Waals surface area contributed by atoms with Gasteiger partial charge in [-0.05, 0) is 12.0 Å². The van der Waals surface area contributed by atoms with Gasteiger partial charge in [0.15, 0.2) is 0 Å². The predicted molar refractivity (Wildman–Crippen MR) is 58.9 cm³/mol. The summed E-state index contributed by atoms with van der Waals surface area (Å²) in [5.74, 6) is -1.43. The zero-order valence-electron chi connectivity index (χ0n) is 9.13. The van der Waals surface area contributed by atoms with Crippen molar-refractivity contribution in [2.45, 2.75) is 31.5 Å². The molecule has 0 amide bonds. The number of carboxylic acid groups (broad SMARTS) is 1. The molecule has 0 saturated carbocycles. The molecule has 1 aromatic rings. The summed E-state index contributed by atoms with van der Waals surface area (Å²) in [7, 11) is 0. The lowest BCUT2D eigenvalue weighted by atomic mass is 9.86. The minimum atomic E-state index is -2.22. The summed E-state index contributed by atoms with van der Waals surface area (Å²) >= 11 is 0. The first-order valence-corrected chi connectivity index (χ1v) is 5.22. The number of rotatable bonds is 5. The molecule has 4 nitrogen and oxygen atoms in total. The third kappa shape index (κ3) is 2.23. The number of aliphatic carboxylic acids is 1. The van der Waals surface area contributed by atoms with Gasteiger partial charge in [0, 0.05) is 0 Å². The molecule has 2 atom stereocenters. The van der Waals surface area contributed by atoms with Gasteiger partial charge in [0.1, 0.15) is 0 Å². The third-order valence-electron chi connectivity index (χ3n) is 2.58. The Kier molecular flexibility index (Phi) is 4.04. The smallest absolute Gasteiger partial charge is 0.343 e. The minimum absolute atomic E-state index is 0.198. The van der Waals surface area contributed by atoms with Crippen molar-refractivity contribution < 1.29 is 20.1 Å². The number of hydrogen-bond acceptors (Lipinski definition) is 3. The highest BCUT2D eigenvalue weighted by Crippen LogP contribution is 2.27. The summed E-state index contributed by atoms with van der Waals surface area (Å²) < 4.78 is 0. The van der Waals surface area contributed by atoms with Gasteiger partial charge >= 0.3 is 5.97 Å². The molecular formula is C12H16O4. The molecule has 88 valence electrons. The Bertz CT molecular complexity index is 349. The highest BCUT2D eigenvalue weighted by molar-refractivity contribution is 5.80. The van der Waals surface area contributed by atoms with Gasteiger partial charge in [-0.15, -0.1) is 0 Å². The summed E-state index contributed by atoms with van der Waals surface area (Å²) in [5.41, 5.74) is -2.03. The Morgan fingerprint density at radius 2 is 1.94 bits per heavy atom. The molecule has 0 spiro atoms. The monoisotopic (exact) mass is 224 g/mol. The van der Waals surface area contributed by atoms with Crippen molar-refractivity contribution in [1.82, 2.24) is 0 Å². The fourth-order valence-electron chi connectivity index (χ4n) is 1.63. The van der Waals surface area contributed by atoms with Gasteiger partial charge in [-0.1, -0.05) is 43.7 Å². The first-order chi connectivity index (χ1) is 7.53. The van der Waals surface area contributed by atoms with E-state index in [-0.39, 0.29) is 12.0 Å². The van der Waals surface area contributed by atoms with Crippen molar-refractivity contribution >= 4 is 5.97 Å². The van der Waals surface area contributed by atoms with Gasteiger partial charge in [0.05, 0.1) is 6.10 Å². The van der Waals surface area contributed by atoms with Crippen molar-refractivity contribution in [3.8, 4) is 0 Å². The molecule has 0 aliphatic heterocycles. The number of aliphatic hydroxyl groups excluding tert-OH is 1. The number of carboxylic acids is 1. The van der Waals surface area contributed by atoms with E-state index in [4.69, 9.17) is 5.11 Å². The molecule has 0 bridgehead atoms. The van der Waals surface area contributed by atoms with Gasteiger partial charge in [0.2, 0.25) is 5.60 Å². The maximum atomic E-state index is 11.1. The van der Waals surface area contributed by atoms with Crippen LogP contribution < -0.4 is 0 Å². The lowest BCUT2D eigenvalue weighted by Crippen LogP contribution is -2.46. The Balaban J connectivity index is 3.12. The van der Waals surface area contributed by atoms with Crippen LogP contribution in [0.15, 0.2) is 30.3 Å². The van der Waals surface area contributed by atoms with E-state index in [0.29, 0.717) is 6.42 Å². The molecule has 0 aliphatic rings. The molecule has 0 aliphatic carbocycles. The van der Waals surface area contributed by atoms with Crippen LogP contribution in [0.4, 0.5) is 0 Å². The van der Waals surface area contributed by atoms with Gasteiger partial charge in [-0.3, -0.25) is 0 Å². The van der Waals surface area contributed by atoms with Crippen LogP contribution in [-0.2, 0) is 10.4 Å². The molecule has 0 unspecified atom stereocenters. The zero-order chi connectivity index (χ0) is 12.2. The zero-order valence-corrected chi connectivity index (χ0v) is 9.13. The summed E-state index contributed by atoms with van der Waals surface area (Å²) in [6, 6.07) is 7.96. The van der Waals surface area contributed by atoms with Crippen LogP contribution >= 0.6 is 0 Å². The lowest BCUT2D eigenvalue weighted by Gasteiger charge is -2.29. The second kappa shape index (κ2) is 5.09. The van der Waals surface area contributed by atoms with Crippen molar-refractivity contribution in [2.75, 3.05) is 0 Å². The van der Waals surface area contributed by atoms with E-state index in [1.807, 2.05) is 6.92 Å². The fraction of sp³-hybridized carbons (Fsp3) is 0.417. The lowest BCUT2D eigenvalue weighted by molar-refractivity contribution is -0.174. The Morgan fingerprint density at radius 3 is 2.38 bits per heavy atom. The Labute approximate surface area is 94.2 Å². The van der Waals surface area contributed by atoms with Gasteiger partial charge in [-0.25, -0.2) is 4.79 Å². The molecule has 0 saturated heterocycles. The van der Waals surface area contributed by atoms with Crippen LogP contribution in [-0.4, -0.2) is 27.4 Å². The minimum Gasteiger partial charge on any atom is -0.479 e. The number of carbonyl (C=O) groups is 1. The van der Waals surface area contributed by atoms with Crippen LogP contribution in [0.25, 0.3) is 0 Å². The van der Waals surface area contributed by atoms with Gasteiger partial charge < -0.3 is 15.3 Å². The topological polar surface area (TPSA) is 77.8 Å². The summed E-state index contributed by atoms with van der Waals surface area (Å²) in [4.78, 5) is 11.1. The van der Waals surface area contributed by atoms with Crippen molar-refractivity contribution in [3.05, 3.63) is 35.9 Å². The number of hydrogen-bond donors (Lipinski definition) is 3. The average Bonchev–Trinajstić information content (AvgIpc) is 2.29. The molecular weight excluding hydrogens is 208 g/mol. The molecule has 0 aromatic heterocycles. The Morgan fingerprint density at radius 1 is 1.38 bits per heavy atom. The van der Waals surface area contributed by atoms with E-state index in [1.54, 1.807) is 18.2 Å². The SMILES string of the molecule is CCC[C@@H](O)[C@@](O)(C(=O)O)c1ccccc1. The van der Waals surface area contributed by atoms with E-state index in [9.17, 15) is 15.0 Å². The van der Waals surface area contributed by atoms with Crippen molar-refractivity contribution in [1.29, 1.82) is 0 Å². The second-order valence-corrected chi connectivity index (χ2v) is 3.74. The molecule has 1 rings (SSSR count). The van der Waals surface area contributed by atoms with E-state index in [1.165, 1.54) is 12.1 Å². The van der Waals surface area contributed by atoms with Crippen LogP contribution in [0.1, 0.15) is 25.3 Å². The molecule has 0 radical (unpaired) electrons. The molecule has 3 N–H and O–H groups in total. The van der Waals surface area contributed by atoms with Crippen LogP contribution in [0, 0.1) is 0 Å². The summed E-state index contributed by atoms with van der Waals surface area (Å²) in [5, 5.41) is 28.9. The quantitative estimate of drug-likeness (QED) is 0.700. The highest BCUT2D eigenvalue weighted by Gasteiger charge is 2.44. The summed E-state index contributed by atoms with van der Waals surface area (Å²) in [6.07, 6.45) is -0.473. The highest BCUT2D eigenvalue weighted by atomic mass is 16.4. The van der Waals surface area contributed by atoms with Crippen molar-refractivity contribution in [3.63, 3.8) is 0 Å². The van der Waals surface area contributed by atoms with Gasteiger partial charge in [0.25, 0.3) is 0 Å². The van der Waals surface area contributed by atoms with Crippen LogP contribution in [0.2, 0.25) is 0 Å².